The van der Waals surface area contributed by atoms with Crippen LogP contribution in [0.5, 0.6) is 0 Å². The molecule has 2 amide bonds. The highest BCUT2D eigenvalue weighted by Crippen LogP contribution is 2.25. The molecule has 0 saturated carbocycles. The quantitative estimate of drug-likeness (QED) is 0.874. The van der Waals surface area contributed by atoms with Crippen LogP contribution in [0, 0.1) is 0 Å². The summed E-state index contributed by atoms with van der Waals surface area (Å²) >= 11 is 1.66. The van der Waals surface area contributed by atoms with Gasteiger partial charge in [-0.3, -0.25) is 0 Å². The Morgan fingerprint density at radius 1 is 1.55 bits per heavy atom. The number of carbonyl (C=O) groups is 1. The molecule has 6 heteroatoms. The number of urea groups is 1. The number of hydrogen-bond donors (Lipinski definition) is 2. The van der Waals surface area contributed by atoms with Crippen LogP contribution in [0.15, 0.2) is 5.38 Å². The van der Waals surface area contributed by atoms with E-state index in [0.29, 0.717) is 13.1 Å². The van der Waals surface area contributed by atoms with Crippen LogP contribution in [0.25, 0.3) is 0 Å². The maximum absolute atomic E-state index is 11.7. The van der Waals surface area contributed by atoms with Gasteiger partial charge in [-0.05, 0) is 6.92 Å². The van der Waals surface area contributed by atoms with Crippen LogP contribution >= 0.6 is 11.3 Å². The number of rotatable bonds is 5. The summed E-state index contributed by atoms with van der Waals surface area (Å²) in [5.41, 5.74) is 1.09. The molecule has 0 aromatic carbocycles. The first-order valence-electron chi connectivity index (χ1n) is 6.82. The van der Waals surface area contributed by atoms with E-state index in [-0.39, 0.29) is 11.4 Å². The van der Waals surface area contributed by atoms with E-state index in [0.717, 1.165) is 17.1 Å². The number of nitrogens with one attached hydrogen (secondary N) is 1. The molecule has 2 N–H and O–H groups in total. The average Bonchev–Trinajstić information content (AvgIpc) is 2.76. The summed E-state index contributed by atoms with van der Waals surface area (Å²) in [6.45, 7) is 8.97. The van der Waals surface area contributed by atoms with Gasteiger partial charge in [0.15, 0.2) is 0 Å². The first-order chi connectivity index (χ1) is 9.20. The van der Waals surface area contributed by atoms with Gasteiger partial charge >= 0.3 is 6.03 Å². The number of likely N-dealkylation sites (N-methyl/N-ethyl adjacent to an activating group) is 1. The van der Waals surface area contributed by atoms with Gasteiger partial charge in [0.2, 0.25) is 0 Å². The van der Waals surface area contributed by atoms with Crippen LogP contribution in [0.1, 0.15) is 38.4 Å². The molecule has 0 radical (unpaired) electrons. The van der Waals surface area contributed by atoms with Gasteiger partial charge < -0.3 is 15.3 Å². The Hall–Kier alpha value is -1.14. The highest BCUT2D eigenvalue weighted by atomic mass is 32.1. The summed E-state index contributed by atoms with van der Waals surface area (Å²) in [7, 11) is 1.67. The molecule has 5 nitrogen and oxygen atoms in total. The number of aromatic nitrogens is 1. The standard InChI is InChI=1S/C14H25N3O2S/c1-10(18)8-17(5)13(19)15-7-6-11-9-20-12(16-11)14(2,3)4/h9-10,18H,6-8H2,1-5H3,(H,15,19). The predicted molar refractivity (Wildman–Crippen MR) is 82.2 cm³/mol. The lowest BCUT2D eigenvalue weighted by molar-refractivity contribution is 0.144. The van der Waals surface area contributed by atoms with Crippen LogP contribution in [0.3, 0.4) is 0 Å². The zero-order valence-corrected chi connectivity index (χ0v) is 13.8. The first-order valence-corrected chi connectivity index (χ1v) is 7.70. The smallest absolute Gasteiger partial charge is 0.317 e. The molecule has 1 heterocycles. The van der Waals surface area contributed by atoms with Crippen molar-refractivity contribution in [3.05, 3.63) is 16.1 Å². The molecule has 1 rings (SSSR count). The van der Waals surface area contributed by atoms with Gasteiger partial charge in [-0.15, -0.1) is 11.3 Å². The minimum absolute atomic E-state index is 0.0731. The van der Waals surface area contributed by atoms with E-state index in [9.17, 15) is 9.90 Å². The van der Waals surface area contributed by atoms with E-state index in [2.05, 4.69) is 31.1 Å². The van der Waals surface area contributed by atoms with Crippen LogP contribution in [-0.2, 0) is 11.8 Å². The average molecular weight is 299 g/mol. The van der Waals surface area contributed by atoms with Gasteiger partial charge in [0, 0.05) is 37.4 Å². The van der Waals surface area contributed by atoms with Crippen molar-refractivity contribution in [3.63, 3.8) is 0 Å². The number of nitrogens with zero attached hydrogens (tertiary/aromatic N) is 2. The molecule has 0 aliphatic carbocycles. The summed E-state index contributed by atoms with van der Waals surface area (Å²) in [6.07, 6.45) is 0.208. The fraction of sp³-hybridized carbons (Fsp3) is 0.714. The molecule has 1 unspecified atom stereocenters. The first kappa shape index (κ1) is 16.9. The minimum Gasteiger partial charge on any atom is -0.392 e. The molecule has 0 spiro atoms. The van der Waals surface area contributed by atoms with Crippen LogP contribution in [0.2, 0.25) is 0 Å². The number of aliphatic hydroxyl groups is 1. The van der Waals surface area contributed by atoms with E-state index < -0.39 is 6.10 Å². The van der Waals surface area contributed by atoms with E-state index in [1.807, 2.05) is 5.38 Å². The van der Waals surface area contributed by atoms with Crippen molar-refractivity contribution in [1.29, 1.82) is 0 Å². The summed E-state index contributed by atoms with van der Waals surface area (Å²) in [5.74, 6) is 0. The lowest BCUT2D eigenvalue weighted by Crippen LogP contribution is -2.41. The molecule has 1 atom stereocenters. The van der Waals surface area contributed by atoms with Crippen molar-refractivity contribution in [2.75, 3.05) is 20.1 Å². The lowest BCUT2D eigenvalue weighted by atomic mass is 9.98. The Morgan fingerprint density at radius 2 is 2.20 bits per heavy atom. The van der Waals surface area contributed by atoms with Crippen LogP contribution in [-0.4, -0.2) is 47.3 Å². The van der Waals surface area contributed by atoms with Crippen LogP contribution in [0.4, 0.5) is 4.79 Å². The maximum Gasteiger partial charge on any atom is 0.317 e. The third kappa shape index (κ3) is 5.46. The molecular weight excluding hydrogens is 274 g/mol. The third-order valence-electron chi connectivity index (χ3n) is 2.74. The number of thiazole rings is 1. The molecule has 1 aromatic heterocycles. The second-order valence-electron chi connectivity index (χ2n) is 6.11. The SMILES string of the molecule is CC(O)CN(C)C(=O)NCCc1csc(C(C)(C)C)n1. The molecule has 0 aliphatic rings. The zero-order valence-electron chi connectivity index (χ0n) is 12.9. The molecule has 0 bridgehead atoms. The largest absolute Gasteiger partial charge is 0.392 e. The molecule has 0 aliphatic heterocycles. The van der Waals surface area contributed by atoms with Gasteiger partial charge in [-0.2, -0.15) is 0 Å². The van der Waals surface area contributed by atoms with Crippen molar-refractivity contribution < 1.29 is 9.90 Å². The molecule has 1 aromatic rings. The number of amides is 2. The Bertz CT molecular complexity index is 438. The van der Waals surface area contributed by atoms with Crippen molar-refractivity contribution in [2.45, 2.75) is 45.6 Å². The van der Waals surface area contributed by atoms with Gasteiger partial charge in [-0.1, -0.05) is 20.8 Å². The topological polar surface area (TPSA) is 65.5 Å². The summed E-state index contributed by atoms with van der Waals surface area (Å²) in [6, 6.07) is -0.169. The highest BCUT2D eigenvalue weighted by molar-refractivity contribution is 7.09. The maximum atomic E-state index is 11.7. The lowest BCUT2D eigenvalue weighted by Gasteiger charge is -2.19. The van der Waals surface area contributed by atoms with Crippen molar-refractivity contribution in [2.24, 2.45) is 0 Å². The van der Waals surface area contributed by atoms with E-state index in [4.69, 9.17) is 0 Å². The zero-order chi connectivity index (χ0) is 15.3. The number of carbonyl (C=O) groups excluding carboxylic acids is 1. The molecule has 114 valence electrons. The Morgan fingerprint density at radius 3 is 2.70 bits per heavy atom. The summed E-state index contributed by atoms with van der Waals surface area (Å²) < 4.78 is 0. The fourth-order valence-electron chi connectivity index (χ4n) is 1.68. The number of hydrogen-bond acceptors (Lipinski definition) is 4. The summed E-state index contributed by atoms with van der Waals surface area (Å²) in [5, 5.41) is 15.2. The van der Waals surface area contributed by atoms with Crippen molar-refractivity contribution in [3.8, 4) is 0 Å². The van der Waals surface area contributed by atoms with Crippen molar-refractivity contribution in [1.82, 2.24) is 15.2 Å². The molecule has 0 saturated heterocycles. The monoisotopic (exact) mass is 299 g/mol. The highest BCUT2D eigenvalue weighted by Gasteiger charge is 2.18. The van der Waals surface area contributed by atoms with Crippen LogP contribution < -0.4 is 5.32 Å². The fourth-order valence-corrected chi connectivity index (χ4v) is 2.62. The van der Waals surface area contributed by atoms with Gasteiger partial charge in [0.25, 0.3) is 0 Å². The molecule has 20 heavy (non-hydrogen) atoms. The Kier molecular flexibility index (Phi) is 5.95. The molecular formula is C14H25N3O2S. The van der Waals surface area contributed by atoms with E-state index in [1.54, 1.807) is 25.3 Å². The predicted octanol–water partition coefficient (Wildman–Crippen LogP) is 2.01. The molecule has 0 fully saturated rings. The van der Waals surface area contributed by atoms with Gasteiger partial charge in [0.05, 0.1) is 16.8 Å². The second-order valence-corrected chi connectivity index (χ2v) is 6.96. The second kappa shape index (κ2) is 7.04. The van der Waals surface area contributed by atoms with E-state index >= 15 is 0 Å². The minimum atomic E-state index is -0.515. The normalized spacial score (nSPS) is 13.1. The number of aliphatic hydroxyl groups excluding tert-OH is 1. The van der Waals surface area contributed by atoms with Gasteiger partial charge in [0.1, 0.15) is 0 Å². The van der Waals surface area contributed by atoms with E-state index in [1.165, 1.54) is 4.90 Å². The van der Waals surface area contributed by atoms with Crippen molar-refractivity contribution >= 4 is 17.4 Å². The van der Waals surface area contributed by atoms with Gasteiger partial charge in [-0.25, -0.2) is 9.78 Å². The Balaban J connectivity index is 2.37. The summed E-state index contributed by atoms with van der Waals surface area (Å²) in [4.78, 5) is 17.8. The Labute approximate surface area is 125 Å². The third-order valence-corrected chi connectivity index (χ3v) is 4.05.